The molecule has 1 heterocycles. The average molecular weight is 389 g/mol. The summed E-state index contributed by atoms with van der Waals surface area (Å²) in [5, 5.41) is 10.9. The van der Waals surface area contributed by atoms with Crippen molar-refractivity contribution in [3.05, 3.63) is 66.0 Å². The summed E-state index contributed by atoms with van der Waals surface area (Å²) < 4.78 is 20.0. The Morgan fingerprint density at radius 2 is 1.88 bits per heavy atom. The number of thioether (sulfide) groups is 1. The molecule has 0 aliphatic rings. The third-order valence-corrected chi connectivity index (χ3v) is 5.33. The highest BCUT2D eigenvalue weighted by Gasteiger charge is 2.13. The van der Waals surface area contributed by atoms with Gasteiger partial charge in [0.25, 0.3) is 5.91 Å². The van der Waals surface area contributed by atoms with E-state index < -0.39 is 11.7 Å². The zero-order valence-corrected chi connectivity index (χ0v) is 15.4. The minimum Gasteiger partial charge on any atom is -0.494 e. The van der Waals surface area contributed by atoms with Gasteiger partial charge >= 0.3 is 0 Å². The molecule has 0 fully saturated rings. The lowest BCUT2D eigenvalue weighted by atomic mass is 10.2. The molecule has 26 heavy (non-hydrogen) atoms. The second kappa shape index (κ2) is 9.30. The molecule has 0 aliphatic carbocycles. The second-order valence-corrected chi connectivity index (χ2v) is 7.49. The molecule has 0 unspecified atom stereocenters. The lowest BCUT2D eigenvalue weighted by molar-refractivity contribution is 0.102. The van der Waals surface area contributed by atoms with E-state index in [1.807, 2.05) is 30.3 Å². The fourth-order valence-corrected chi connectivity index (χ4v) is 3.78. The molecule has 134 valence electrons. The summed E-state index contributed by atoms with van der Waals surface area (Å²) in [6.07, 6.45) is 0.857. The third kappa shape index (κ3) is 5.27. The molecule has 0 saturated heterocycles. The predicted octanol–water partition coefficient (Wildman–Crippen LogP) is 4.49. The normalized spacial score (nSPS) is 10.5. The van der Waals surface area contributed by atoms with Crippen molar-refractivity contribution in [2.45, 2.75) is 10.8 Å². The van der Waals surface area contributed by atoms with Crippen molar-refractivity contribution in [2.24, 2.45) is 0 Å². The molecule has 3 rings (SSSR count). The first kappa shape index (κ1) is 18.3. The lowest BCUT2D eigenvalue weighted by Gasteiger charge is -2.04. The maximum absolute atomic E-state index is 13.6. The van der Waals surface area contributed by atoms with E-state index in [4.69, 9.17) is 4.74 Å². The highest BCUT2D eigenvalue weighted by atomic mass is 32.2. The molecule has 1 N–H and O–H groups in total. The number of amides is 1. The molecule has 0 bridgehead atoms. The lowest BCUT2D eigenvalue weighted by Crippen LogP contribution is -2.13. The summed E-state index contributed by atoms with van der Waals surface area (Å²) >= 11 is 2.80. The van der Waals surface area contributed by atoms with Crippen LogP contribution in [0.1, 0.15) is 16.8 Å². The van der Waals surface area contributed by atoms with Gasteiger partial charge in [-0.25, -0.2) is 4.39 Å². The number of nitrogens with one attached hydrogen (secondary N) is 1. The fraction of sp³-hybridized carbons (Fsp3) is 0.167. The predicted molar refractivity (Wildman–Crippen MR) is 102 cm³/mol. The first-order chi connectivity index (χ1) is 12.7. The van der Waals surface area contributed by atoms with E-state index in [9.17, 15) is 9.18 Å². The number of para-hydroxylation sites is 1. The Morgan fingerprint density at radius 1 is 1.12 bits per heavy atom. The van der Waals surface area contributed by atoms with Crippen LogP contribution in [-0.2, 0) is 0 Å². The van der Waals surface area contributed by atoms with Crippen LogP contribution in [-0.4, -0.2) is 28.5 Å². The van der Waals surface area contributed by atoms with E-state index in [0.29, 0.717) is 11.7 Å². The van der Waals surface area contributed by atoms with Gasteiger partial charge in [0.05, 0.1) is 12.2 Å². The van der Waals surface area contributed by atoms with E-state index in [0.717, 1.165) is 22.3 Å². The van der Waals surface area contributed by atoms with Gasteiger partial charge in [0.1, 0.15) is 11.6 Å². The number of hydrogen-bond acceptors (Lipinski definition) is 6. The summed E-state index contributed by atoms with van der Waals surface area (Å²) in [4.78, 5) is 12.0. The number of benzene rings is 2. The summed E-state index contributed by atoms with van der Waals surface area (Å²) in [7, 11) is 0. The first-order valence-electron chi connectivity index (χ1n) is 7.92. The zero-order chi connectivity index (χ0) is 18.2. The smallest absolute Gasteiger partial charge is 0.260 e. The summed E-state index contributed by atoms with van der Waals surface area (Å²) in [6.45, 7) is 0.618. The van der Waals surface area contributed by atoms with Crippen LogP contribution in [0.4, 0.5) is 9.52 Å². The van der Waals surface area contributed by atoms with Crippen molar-refractivity contribution in [1.82, 2.24) is 10.2 Å². The molecule has 0 saturated carbocycles. The van der Waals surface area contributed by atoms with E-state index in [1.54, 1.807) is 17.8 Å². The van der Waals surface area contributed by atoms with Gasteiger partial charge in [-0.15, -0.1) is 10.2 Å². The Balaban J connectivity index is 1.42. The molecule has 8 heteroatoms. The van der Waals surface area contributed by atoms with Crippen molar-refractivity contribution in [1.29, 1.82) is 0 Å². The van der Waals surface area contributed by atoms with Crippen LogP contribution in [0.25, 0.3) is 0 Å². The van der Waals surface area contributed by atoms with Crippen molar-refractivity contribution in [3.8, 4) is 5.75 Å². The first-order valence-corrected chi connectivity index (χ1v) is 9.72. The number of halogens is 1. The van der Waals surface area contributed by atoms with E-state index in [1.165, 1.54) is 29.5 Å². The number of carbonyl (C=O) groups is 1. The number of ether oxygens (including phenoxy) is 1. The van der Waals surface area contributed by atoms with Crippen molar-refractivity contribution in [2.75, 3.05) is 17.7 Å². The monoisotopic (exact) mass is 389 g/mol. The van der Waals surface area contributed by atoms with Crippen LogP contribution >= 0.6 is 23.1 Å². The van der Waals surface area contributed by atoms with Crippen LogP contribution in [0, 0.1) is 5.82 Å². The highest BCUT2D eigenvalue weighted by Crippen LogP contribution is 2.26. The van der Waals surface area contributed by atoms with Gasteiger partial charge in [0.15, 0.2) is 4.34 Å². The number of anilines is 1. The largest absolute Gasteiger partial charge is 0.494 e. The number of nitrogens with zero attached hydrogens (tertiary/aromatic N) is 2. The molecule has 3 aromatic rings. The van der Waals surface area contributed by atoms with Crippen LogP contribution in [0.2, 0.25) is 0 Å². The highest BCUT2D eigenvalue weighted by molar-refractivity contribution is 8.01. The molecule has 2 aromatic carbocycles. The fourth-order valence-electron chi connectivity index (χ4n) is 2.05. The Bertz CT molecular complexity index is 858. The average Bonchev–Trinajstić information content (AvgIpc) is 3.10. The van der Waals surface area contributed by atoms with Crippen molar-refractivity contribution in [3.63, 3.8) is 0 Å². The molecule has 1 aromatic heterocycles. The van der Waals surface area contributed by atoms with Gasteiger partial charge in [-0.3, -0.25) is 10.1 Å². The van der Waals surface area contributed by atoms with Crippen LogP contribution in [0.15, 0.2) is 58.9 Å². The van der Waals surface area contributed by atoms with E-state index >= 15 is 0 Å². The molecule has 0 aliphatic heterocycles. The molecule has 0 atom stereocenters. The Morgan fingerprint density at radius 3 is 2.69 bits per heavy atom. The quantitative estimate of drug-likeness (QED) is 0.349. The van der Waals surface area contributed by atoms with Crippen molar-refractivity contribution < 1.29 is 13.9 Å². The summed E-state index contributed by atoms with van der Waals surface area (Å²) in [5.41, 5.74) is -0.0186. The Kier molecular flexibility index (Phi) is 6.56. The van der Waals surface area contributed by atoms with Gasteiger partial charge in [0.2, 0.25) is 5.13 Å². The number of aromatic nitrogens is 2. The summed E-state index contributed by atoms with van der Waals surface area (Å²) in [5.74, 6) is 0.573. The van der Waals surface area contributed by atoms with Crippen molar-refractivity contribution >= 4 is 34.1 Å². The van der Waals surface area contributed by atoms with Crippen LogP contribution < -0.4 is 10.1 Å². The molecular weight excluding hydrogens is 373 g/mol. The van der Waals surface area contributed by atoms with Gasteiger partial charge < -0.3 is 4.74 Å². The van der Waals surface area contributed by atoms with Gasteiger partial charge in [-0.1, -0.05) is 53.4 Å². The molecule has 5 nitrogen and oxygen atoms in total. The maximum atomic E-state index is 13.6. The second-order valence-electron chi connectivity index (χ2n) is 5.17. The van der Waals surface area contributed by atoms with Gasteiger partial charge in [-0.2, -0.15) is 0 Å². The standard InChI is InChI=1S/C18H16FN3O2S2/c19-15-10-5-4-9-14(15)16(23)20-17-21-22-18(26-17)25-12-6-11-24-13-7-2-1-3-8-13/h1-5,7-10H,6,11-12H2,(H,20,21,23). The minimum absolute atomic E-state index is 0.0186. The van der Waals surface area contributed by atoms with E-state index in [-0.39, 0.29) is 5.56 Å². The van der Waals surface area contributed by atoms with Gasteiger partial charge in [-0.05, 0) is 30.7 Å². The molecule has 0 radical (unpaired) electrons. The maximum Gasteiger partial charge on any atom is 0.260 e. The molecule has 0 spiro atoms. The Labute approximate surface area is 158 Å². The summed E-state index contributed by atoms with van der Waals surface area (Å²) in [6, 6.07) is 15.5. The van der Waals surface area contributed by atoms with Gasteiger partial charge in [0, 0.05) is 5.75 Å². The molecular formula is C18H16FN3O2S2. The number of rotatable bonds is 8. The molecule has 1 amide bonds. The zero-order valence-electron chi connectivity index (χ0n) is 13.7. The number of hydrogen-bond donors (Lipinski definition) is 1. The van der Waals surface area contributed by atoms with Crippen LogP contribution in [0.3, 0.4) is 0 Å². The number of carbonyl (C=O) groups excluding carboxylic acids is 1. The topological polar surface area (TPSA) is 64.1 Å². The SMILES string of the molecule is O=C(Nc1nnc(SCCCOc2ccccc2)s1)c1ccccc1F. The minimum atomic E-state index is -0.567. The third-order valence-electron chi connectivity index (χ3n) is 3.27. The van der Waals surface area contributed by atoms with Crippen LogP contribution in [0.5, 0.6) is 5.75 Å². The Hall–Kier alpha value is -2.45. The van der Waals surface area contributed by atoms with E-state index in [2.05, 4.69) is 15.5 Å².